The number of benzene rings is 1. The van der Waals surface area contributed by atoms with Crippen molar-refractivity contribution >= 4 is 11.4 Å². The van der Waals surface area contributed by atoms with Crippen LogP contribution >= 0.6 is 0 Å². The van der Waals surface area contributed by atoms with Gasteiger partial charge in [0.1, 0.15) is 13.2 Å². The summed E-state index contributed by atoms with van der Waals surface area (Å²) in [6.07, 6.45) is 2.32. The summed E-state index contributed by atoms with van der Waals surface area (Å²) in [5.41, 5.74) is 7.70. The molecule has 0 radical (unpaired) electrons. The highest BCUT2D eigenvalue weighted by Gasteiger charge is 2.30. The summed E-state index contributed by atoms with van der Waals surface area (Å²) in [5, 5.41) is 9.17. The number of fused-ring (bicyclic) bond motifs is 1. The van der Waals surface area contributed by atoms with Gasteiger partial charge in [-0.05, 0) is 12.8 Å². The van der Waals surface area contributed by atoms with Crippen molar-refractivity contribution in [3.05, 3.63) is 12.1 Å². The number of aliphatic hydroxyl groups excluding tert-OH is 1. The Bertz CT molecular complexity index is 446. The first kappa shape index (κ1) is 11.5. The molecule has 0 bridgehead atoms. The van der Waals surface area contributed by atoms with Crippen molar-refractivity contribution in [1.29, 1.82) is 0 Å². The van der Waals surface area contributed by atoms with Crippen molar-refractivity contribution in [3.63, 3.8) is 0 Å². The summed E-state index contributed by atoms with van der Waals surface area (Å²) >= 11 is 0. The number of hydrogen-bond acceptors (Lipinski definition) is 5. The highest BCUT2D eigenvalue weighted by atomic mass is 16.6. The number of anilines is 2. The van der Waals surface area contributed by atoms with Gasteiger partial charge in [0.05, 0.1) is 18.0 Å². The highest BCUT2D eigenvalue weighted by Crippen LogP contribution is 2.41. The monoisotopic (exact) mass is 250 g/mol. The Hall–Kier alpha value is -1.62. The van der Waals surface area contributed by atoms with Crippen LogP contribution in [0.4, 0.5) is 11.4 Å². The molecule has 0 atom stereocenters. The summed E-state index contributed by atoms with van der Waals surface area (Å²) in [4.78, 5) is 2.16. The van der Waals surface area contributed by atoms with E-state index in [9.17, 15) is 0 Å². The van der Waals surface area contributed by atoms with Gasteiger partial charge in [-0.15, -0.1) is 0 Å². The van der Waals surface area contributed by atoms with Crippen LogP contribution in [0, 0.1) is 0 Å². The minimum absolute atomic E-state index is 0.129. The molecule has 1 aliphatic heterocycles. The van der Waals surface area contributed by atoms with Crippen LogP contribution in [-0.4, -0.2) is 37.5 Å². The lowest BCUT2D eigenvalue weighted by Gasteiger charge is -2.27. The van der Waals surface area contributed by atoms with Crippen molar-refractivity contribution in [2.45, 2.75) is 18.9 Å². The van der Waals surface area contributed by atoms with Crippen molar-refractivity contribution in [2.75, 3.05) is 37.0 Å². The molecule has 1 fully saturated rings. The molecule has 3 rings (SSSR count). The third-order valence-electron chi connectivity index (χ3n) is 3.33. The van der Waals surface area contributed by atoms with Gasteiger partial charge in [-0.3, -0.25) is 0 Å². The number of nitrogens with two attached hydrogens (primary N) is 1. The molecule has 2 aliphatic rings. The molecule has 1 heterocycles. The average Bonchev–Trinajstić information content (AvgIpc) is 3.20. The Labute approximate surface area is 106 Å². The zero-order valence-corrected chi connectivity index (χ0v) is 10.3. The maximum Gasteiger partial charge on any atom is 0.163 e. The van der Waals surface area contributed by atoms with E-state index in [-0.39, 0.29) is 6.61 Å². The van der Waals surface area contributed by atoms with Crippen LogP contribution in [0.2, 0.25) is 0 Å². The molecule has 1 saturated carbocycles. The Morgan fingerprint density at radius 3 is 2.50 bits per heavy atom. The van der Waals surface area contributed by atoms with Crippen molar-refractivity contribution in [3.8, 4) is 11.5 Å². The molecule has 0 spiro atoms. The fourth-order valence-electron chi connectivity index (χ4n) is 2.34. The first-order valence-corrected chi connectivity index (χ1v) is 6.36. The second-order valence-electron chi connectivity index (χ2n) is 4.70. The molecule has 0 saturated heterocycles. The standard InChI is InChI=1S/C13H18N2O3/c14-10-7-12-13(18-6-5-17-12)8-11(10)15(3-4-16)9-1-2-9/h7-9,16H,1-6,14H2. The summed E-state index contributed by atoms with van der Waals surface area (Å²) in [6, 6.07) is 4.25. The number of ether oxygens (including phenoxy) is 2. The van der Waals surface area contributed by atoms with E-state index in [1.54, 1.807) is 0 Å². The molecule has 1 aromatic carbocycles. The third kappa shape index (κ3) is 2.06. The van der Waals surface area contributed by atoms with Crippen LogP contribution in [0.5, 0.6) is 11.5 Å². The predicted molar refractivity (Wildman–Crippen MR) is 69.3 cm³/mol. The van der Waals surface area contributed by atoms with Crippen LogP contribution in [0.1, 0.15) is 12.8 Å². The van der Waals surface area contributed by atoms with E-state index in [1.165, 1.54) is 0 Å². The Balaban J connectivity index is 1.94. The van der Waals surface area contributed by atoms with Crippen LogP contribution in [0.25, 0.3) is 0 Å². The maximum atomic E-state index is 9.17. The van der Waals surface area contributed by atoms with Gasteiger partial charge in [0, 0.05) is 24.7 Å². The molecule has 1 aliphatic carbocycles. The van der Waals surface area contributed by atoms with E-state index in [0.717, 1.165) is 24.3 Å². The van der Waals surface area contributed by atoms with Gasteiger partial charge >= 0.3 is 0 Å². The Kier molecular flexibility index (Phi) is 2.91. The van der Waals surface area contributed by atoms with Gasteiger partial charge < -0.3 is 25.2 Å². The number of aliphatic hydroxyl groups is 1. The highest BCUT2D eigenvalue weighted by molar-refractivity contribution is 5.74. The molecule has 5 nitrogen and oxygen atoms in total. The zero-order chi connectivity index (χ0) is 12.5. The van der Waals surface area contributed by atoms with Crippen LogP contribution in [0.15, 0.2) is 12.1 Å². The summed E-state index contributed by atoms with van der Waals surface area (Å²) < 4.78 is 11.1. The van der Waals surface area contributed by atoms with E-state index in [2.05, 4.69) is 4.90 Å². The van der Waals surface area contributed by atoms with Crippen LogP contribution in [-0.2, 0) is 0 Å². The maximum absolute atomic E-state index is 9.17. The van der Waals surface area contributed by atoms with Crippen molar-refractivity contribution in [1.82, 2.24) is 0 Å². The second kappa shape index (κ2) is 4.57. The topological polar surface area (TPSA) is 68.0 Å². The molecule has 0 aromatic heterocycles. The van der Waals surface area contributed by atoms with Gasteiger partial charge in [-0.25, -0.2) is 0 Å². The quantitative estimate of drug-likeness (QED) is 0.780. The summed E-state index contributed by atoms with van der Waals surface area (Å²) in [5.74, 6) is 1.45. The largest absolute Gasteiger partial charge is 0.486 e. The van der Waals surface area contributed by atoms with Gasteiger partial charge in [-0.1, -0.05) is 0 Å². The molecule has 0 unspecified atom stereocenters. The number of nitrogens with zero attached hydrogens (tertiary/aromatic N) is 1. The number of hydrogen-bond donors (Lipinski definition) is 2. The number of rotatable bonds is 4. The van der Waals surface area contributed by atoms with E-state index in [1.807, 2.05) is 12.1 Å². The van der Waals surface area contributed by atoms with Gasteiger partial charge in [0.25, 0.3) is 0 Å². The molecule has 18 heavy (non-hydrogen) atoms. The van der Waals surface area contributed by atoms with Gasteiger partial charge in [0.15, 0.2) is 11.5 Å². The average molecular weight is 250 g/mol. The Morgan fingerprint density at radius 2 is 1.89 bits per heavy atom. The lowest BCUT2D eigenvalue weighted by atomic mass is 10.2. The lowest BCUT2D eigenvalue weighted by molar-refractivity contribution is 0.172. The summed E-state index contributed by atoms with van der Waals surface area (Å²) in [6.45, 7) is 1.87. The van der Waals surface area contributed by atoms with Crippen LogP contribution in [0.3, 0.4) is 0 Å². The van der Waals surface area contributed by atoms with E-state index in [0.29, 0.717) is 37.2 Å². The van der Waals surface area contributed by atoms with E-state index in [4.69, 9.17) is 20.3 Å². The third-order valence-corrected chi connectivity index (χ3v) is 3.33. The predicted octanol–water partition coefficient (Wildman–Crippen LogP) is 1.00. The molecule has 98 valence electrons. The Morgan fingerprint density at radius 1 is 1.22 bits per heavy atom. The molecule has 5 heteroatoms. The first-order valence-electron chi connectivity index (χ1n) is 6.36. The van der Waals surface area contributed by atoms with Gasteiger partial charge in [0.2, 0.25) is 0 Å². The van der Waals surface area contributed by atoms with Crippen molar-refractivity contribution < 1.29 is 14.6 Å². The molecular weight excluding hydrogens is 232 g/mol. The van der Waals surface area contributed by atoms with Crippen LogP contribution < -0.4 is 20.1 Å². The molecule has 0 amide bonds. The second-order valence-corrected chi connectivity index (χ2v) is 4.70. The molecular formula is C13H18N2O3. The number of nitrogen functional groups attached to an aromatic ring is 1. The van der Waals surface area contributed by atoms with Gasteiger partial charge in [-0.2, -0.15) is 0 Å². The normalized spacial score (nSPS) is 17.6. The minimum Gasteiger partial charge on any atom is -0.486 e. The van der Waals surface area contributed by atoms with E-state index >= 15 is 0 Å². The molecule has 1 aromatic rings. The lowest BCUT2D eigenvalue weighted by Crippen LogP contribution is -2.30. The zero-order valence-electron chi connectivity index (χ0n) is 10.3. The fraction of sp³-hybridized carbons (Fsp3) is 0.538. The smallest absolute Gasteiger partial charge is 0.163 e. The minimum atomic E-state index is 0.129. The SMILES string of the molecule is Nc1cc2c(cc1N(CCO)C1CC1)OCCO2. The first-order chi connectivity index (χ1) is 8.79. The van der Waals surface area contributed by atoms with Crippen molar-refractivity contribution in [2.24, 2.45) is 0 Å². The van der Waals surface area contributed by atoms with E-state index < -0.39 is 0 Å². The fourth-order valence-corrected chi connectivity index (χ4v) is 2.34. The molecule has 3 N–H and O–H groups in total. The summed E-state index contributed by atoms with van der Waals surface area (Å²) in [7, 11) is 0.